The molecule has 0 aromatic heterocycles. The molecule has 232 valence electrons. The second-order valence-corrected chi connectivity index (χ2v) is 11.2. The van der Waals surface area contributed by atoms with Gasteiger partial charge in [-0.05, 0) is 25.7 Å². The van der Waals surface area contributed by atoms with Gasteiger partial charge >= 0.3 is 5.97 Å². The Morgan fingerprint density at radius 3 is 1.60 bits per heavy atom. The minimum Gasteiger partial charge on any atom is -0.480 e. The van der Waals surface area contributed by atoms with Crippen LogP contribution in [0.2, 0.25) is 0 Å². The molecule has 0 aromatic rings. The third-order valence-electron chi connectivity index (χ3n) is 8.36. The Morgan fingerprint density at radius 1 is 0.667 bits per heavy atom. The molecule has 0 radical (unpaired) electrons. The first-order valence-corrected chi connectivity index (χ1v) is 14.2. The molecule has 0 saturated carbocycles. The molecule has 4 rings (SSSR count). The van der Waals surface area contributed by atoms with Crippen LogP contribution in [-0.4, -0.2) is 152 Å². The van der Waals surface area contributed by atoms with E-state index >= 15 is 0 Å². The SMILES string of the molecule is CC(=O)N1CCC[C@H]1C(=O)N1CC(O)C[C@H]1C(=O)NCC(=O)N1CCC[C@H]1C(=O)N1CC(O)C[C@H]1C(=O)NCC(=O)O. The lowest BCUT2D eigenvalue weighted by atomic mass is 10.1. The topological polar surface area (TPSA) is 217 Å². The van der Waals surface area contributed by atoms with Crippen molar-refractivity contribution in [2.75, 3.05) is 39.3 Å². The number of carbonyl (C=O) groups is 7. The molecule has 0 bridgehead atoms. The van der Waals surface area contributed by atoms with Crippen LogP contribution >= 0.6 is 0 Å². The largest absolute Gasteiger partial charge is 0.480 e. The van der Waals surface area contributed by atoms with Crippen molar-refractivity contribution in [3.05, 3.63) is 0 Å². The fourth-order valence-electron chi connectivity index (χ4n) is 6.38. The van der Waals surface area contributed by atoms with Gasteiger partial charge in [0.15, 0.2) is 0 Å². The number of hydrogen-bond donors (Lipinski definition) is 5. The van der Waals surface area contributed by atoms with Crippen LogP contribution < -0.4 is 10.6 Å². The van der Waals surface area contributed by atoms with E-state index in [4.69, 9.17) is 5.11 Å². The summed E-state index contributed by atoms with van der Waals surface area (Å²) in [6.07, 6.45) is -0.112. The molecule has 6 atom stereocenters. The van der Waals surface area contributed by atoms with Gasteiger partial charge in [0.1, 0.15) is 30.7 Å². The third kappa shape index (κ3) is 6.64. The molecule has 4 saturated heterocycles. The number of carboxylic acids is 1. The highest BCUT2D eigenvalue weighted by Crippen LogP contribution is 2.27. The number of nitrogens with zero attached hydrogens (tertiary/aromatic N) is 4. The molecule has 4 fully saturated rings. The predicted octanol–water partition coefficient (Wildman–Crippen LogP) is -3.77. The lowest BCUT2D eigenvalue weighted by Gasteiger charge is -2.31. The molecular weight excluding hydrogens is 556 g/mol. The Labute approximate surface area is 241 Å². The highest BCUT2D eigenvalue weighted by Gasteiger charge is 2.46. The van der Waals surface area contributed by atoms with Crippen LogP contribution in [0.3, 0.4) is 0 Å². The number of aliphatic hydroxyl groups excluding tert-OH is 2. The van der Waals surface area contributed by atoms with Crippen molar-refractivity contribution in [1.29, 1.82) is 0 Å². The van der Waals surface area contributed by atoms with E-state index < -0.39 is 85.0 Å². The molecule has 0 spiro atoms. The monoisotopic (exact) mass is 594 g/mol. The number of carboxylic acid groups (broad SMARTS) is 1. The summed E-state index contributed by atoms with van der Waals surface area (Å²) in [5, 5.41) is 33.9. The molecule has 16 nitrogen and oxygen atoms in total. The quantitative estimate of drug-likeness (QED) is 0.185. The van der Waals surface area contributed by atoms with Crippen molar-refractivity contribution < 1.29 is 48.9 Å². The van der Waals surface area contributed by atoms with Crippen LogP contribution in [0.5, 0.6) is 0 Å². The first-order valence-electron chi connectivity index (χ1n) is 14.2. The van der Waals surface area contributed by atoms with Gasteiger partial charge in [0.2, 0.25) is 35.4 Å². The minimum absolute atomic E-state index is 0.0218. The van der Waals surface area contributed by atoms with Crippen LogP contribution in [0.1, 0.15) is 45.4 Å². The van der Waals surface area contributed by atoms with Crippen molar-refractivity contribution >= 4 is 41.4 Å². The number of likely N-dealkylation sites (tertiary alicyclic amines) is 4. The molecule has 42 heavy (non-hydrogen) atoms. The number of amides is 6. The van der Waals surface area contributed by atoms with E-state index in [1.54, 1.807) is 0 Å². The Kier molecular flexibility index (Phi) is 9.66. The van der Waals surface area contributed by atoms with Crippen molar-refractivity contribution in [3.8, 4) is 0 Å². The Bertz CT molecular complexity index is 1130. The molecule has 4 aliphatic rings. The third-order valence-corrected chi connectivity index (χ3v) is 8.36. The van der Waals surface area contributed by atoms with Gasteiger partial charge in [-0.1, -0.05) is 0 Å². The van der Waals surface area contributed by atoms with Crippen LogP contribution in [-0.2, 0) is 33.6 Å². The number of aliphatic hydroxyl groups is 2. The number of β-amino-alcohol motifs (C(OH)–C–C–N with tert-alkyl or cyclic N) is 2. The molecule has 4 aliphatic heterocycles. The normalized spacial score (nSPS) is 29.1. The average Bonchev–Trinajstić information content (AvgIpc) is 3.74. The maximum absolute atomic E-state index is 13.4. The molecule has 0 aliphatic carbocycles. The minimum atomic E-state index is -1.26. The van der Waals surface area contributed by atoms with Gasteiger partial charge in [0, 0.05) is 45.9 Å². The summed E-state index contributed by atoms with van der Waals surface area (Å²) in [6.45, 7) is 0.716. The molecular formula is C26H38N6O10. The van der Waals surface area contributed by atoms with Crippen molar-refractivity contribution in [1.82, 2.24) is 30.2 Å². The van der Waals surface area contributed by atoms with E-state index in [9.17, 15) is 43.8 Å². The van der Waals surface area contributed by atoms with E-state index in [0.29, 0.717) is 32.2 Å². The molecule has 16 heteroatoms. The second-order valence-electron chi connectivity index (χ2n) is 11.2. The molecule has 4 heterocycles. The first kappa shape index (κ1) is 31.2. The van der Waals surface area contributed by atoms with Crippen LogP contribution in [0.15, 0.2) is 0 Å². The Hall–Kier alpha value is -3.79. The van der Waals surface area contributed by atoms with E-state index in [1.165, 1.54) is 21.6 Å². The van der Waals surface area contributed by atoms with Crippen molar-refractivity contribution in [2.45, 2.75) is 81.8 Å². The maximum Gasteiger partial charge on any atom is 0.322 e. The Balaban J connectivity index is 1.36. The number of hydrogen-bond acceptors (Lipinski definition) is 9. The van der Waals surface area contributed by atoms with Gasteiger partial charge in [-0.3, -0.25) is 33.6 Å². The highest BCUT2D eigenvalue weighted by molar-refractivity contribution is 5.96. The smallest absolute Gasteiger partial charge is 0.322 e. The van der Waals surface area contributed by atoms with Crippen LogP contribution in [0.25, 0.3) is 0 Å². The lowest BCUT2D eigenvalue weighted by Crippen LogP contribution is -2.55. The number of rotatable bonds is 8. The van der Waals surface area contributed by atoms with E-state index in [2.05, 4.69) is 10.6 Å². The van der Waals surface area contributed by atoms with Crippen LogP contribution in [0.4, 0.5) is 0 Å². The standard InChI is InChI=1S/C26H38N6O10/c1-14(33)29-6-2-4-17(29)25(41)31-12-15(34)8-19(31)23(39)27-10-21(36)30-7-3-5-18(30)26(42)32-13-16(35)9-20(32)24(40)28-11-22(37)38/h15-20,34-35H,2-13H2,1H3,(H,27,39)(H,28,40)(H,37,38)/t15?,16?,17-,18-,19-,20-/m0/s1. The fourth-order valence-corrected chi connectivity index (χ4v) is 6.38. The van der Waals surface area contributed by atoms with Gasteiger partial charge < -0.3 is 45.6 Å². The summed E-state index contributed by atoms with van der Waals surface area (Å²) in [6, 6.07) is -3.75. The molecule has 5 N–H and O–H groups in total. The zero-order chi connectivity index (χ0) is 30.7. The molecule has 6 amide bonds. The van der Waals surface area contributed by atoms with Gasteiger partial charge in [-0.2, -0.15) is 0 Å². The summed E-state index contributed by atoms with van der Waals surface area (Å²) in [4.78, 5) is 93.3. The van der Waals surface area contributed by atoms with Gasteiger partial charge in [0.25, 0.3) is 0 Å². The average molecular weight is 595 g/mol. The number of nitrogens with one attached hydrogen (secondary N) is 2. The summed E-state index contributed by atoms with van der Waals surface area (Å²) in [5.74, 6) is -4.39. The first-order chi connectivity index (χ1) is 19.9. The number of carbonyl (C=O) groups excluding carboxylic acids is 6. The Morgan fingerprint density at radius 2 is 1.12 bits per heavy atom. The zero-order valence-electron chi connectivity index (χ0n) is 23.4. The summed E-state index contributed by atoms with van der Waals surface area (Å²) < 4.78 is 0. The number of aliphatic carboxylic acids is 1. The predicted molar refractivity (Wildman–Crippen MR) is 141 cm³/mol. The van der Waals surface area contributed by atoms with Crippen molar-refractivity contribution in [3.63, 3.8) is 0 Å². The van der Waals surface area contributed by atoms with Gasteiger partial charge in [-0.25, -0.2) is 0 Å². The maximum atomic E-state index is 13.4. The summed E-state index contributed by atoms with van der Waals surface area (Å²) in [5.41, 5.74) is 0. The van der Waals surface area contributed by atoms with E-state index in [0.717, 1.165) is 4.90 Å². The van der Waals surface area contributed by atoms with E-state index in [-0.39, 0.29) is 38.4 Å². The van der Waals surface area contributed by atoms with E-state index in [1.807, 2.05) is 0 Å². The van der Waals surface area contributed by atoms with Crippen LogP contribution in [0, 0.1) is 0 Å². The van der Waals surface area contributed by atoms with Gasteiger partial charge in [0.05, 0.1) is 18.8 Å². The van der Waals surface area contributed by atoms with Crippen molar-refractivity contribution in [2.24, 2.45) is 0 Å². The second kappa shape index (κ2) is 13.0. The molecule has 0 aromatic carbocycles. The lowest BCUT2D eigenvalue weighted by molar-refractivity contribution is -0.147. The molecule has 2 unspecified atom stereocenters. The zero-order valence-corrected chi connectivity index (χ0v) is 23.4. The summed E-state index contributed by atoms with van der Waals surface area (Å²) in [7, 11) is 0. The van der Waals surface area contributed by atoms with Gasteiger partial charge in [-0.15, -0.1) is 0 Å². The fraction of sp³-hybridized carbons (Fsp3) is 0.731. The highest BCUT2D eigenvalue weighted by atomic mass is 16.4. The summed E-state index contributed by atoms with van der Waals surface area (Å²) >= 11 is 0.